The summed E-state index contributed by atoms with van der Waals surface area (Å²) in [6, 6.07) is 0. The van der Waals surface area contributed by atoms with Crippen LogP contribution in [0.25, 0.3) is 0 Å². The number of hydrogen-bond acceptors (Lipinski definition) is 24. The summed E-state index contributed by atoms with van der Waals surface area (Å²) in [5.41, 5.74) is -50.7. The molecule has 4 aliphatic rings. The van der Waals surface area contributed by atoms with E-state index >= 15 is 0 Å². The van der Waals surface area contributed by atoms with Gasteiger partial charge in [-0.15, -0.1) is 0 Å². The molecule has 4 saturated heterocycles. The van der Waals surface area contributed by atoms with E-state index < -0.39 is 160 Å². The largest absolute Gasteiger partial charge is 0.481 e. The Labute approximate surface area is 477 Å². The lowest BCUT2D eigenvalue weighted by molar-refractivity contribution is -0.499. The lowest BCUT2D eigenvalue weighted by Crippen LogP contribution is -2.89. The van der Waals surface area contributed by atoms with E-state index in [1.807, 2.05) is 0 Å². The molecule has 0 bridgehead atoms. The van der Waals surface area contributed by atoms with Crippen LogP contribution >= 0.6 is 0 Å². The first kappa shape index (κ1) is 71.6. The average molecular weight is 1190 g/mol. The van der Waals surface area contributed by atoms with Crippen molar-refractivity contribution in [2.24, 2.45) is 5.41 Å². The van der Waals surface area contributed by atoms with Crippen molar-refractivity contribution in [2.45, 2.75) is 303 Å². The van der Waals surface area contributed by atoms with Gasteiger partial charge in [-0.1, -0.05) is 0 Å². The van der Waals surface area contributed by atoms with Crippen LogP contribution in [0.3, 0.4) is 0 Å². The summed E-state index contributed by atoms with van der Waals surface area (Å²) < 4.78 is 55.2. The Kier molecular flexibility index (Phi) is 16.0. The summed E-state index contributed by atoms with van der Waals surface area (Å²) in [7, 11) is 1.02. The Morgan fingerprint density at radius 3 is 1.18 bits per heavy atom. The molecule has 22 atom stereocenters. The number of aliphatic carboxylic acids is 4. The molecule has 0 aromatic rings. The van der Waals surface area contributed by atoms with Gasteiger partial charge in [-0.05, 0) is 173 Å². The number of methoxy groups -OCH3 is 1. The molecule has 0 spiro atoms. The van der Waals surface area contributed by atoms with Gasteiger partial charge < -0.3 is 119 Å². The summed E-state index contributed by atoms with van der Waals surface area (Å²) >= 11 is 0. The van der Waals surface area contributed by atoms with Crippen LogP contribution in [-0.2, 0) is 61.8 Å². The van der Waals surface area contributed by atoms with E-state index in [1.54, 1.807) is 0 Å². The Hall–Kier alpha value is -2.92. The predicted molar refractivity (Wildman–Crippen MR) is 279 cm³/mol. The Morgan fingerprint density at radius 1 is 0.427 bits per heavy atom. The lowest BCUT2D eigenvalue weighted by Gasteiger charge is -2.69. The predicted octanol–water partition coefficient (Wildman–Crippen LogP) is -0.0327. The molecule has 4 heterocycles. The van der Waals surface area contributed by atoms with Crippen molar-refractivity contribution >= 4 is 23.9 Å². The van der Waals surface area contributed by atoms with Gasteiger partial charge in [0, 0.05) is 7.11 Å². The van der Waals surface area contributed by atoms with E-state index in [4.69, 9.17) is 42.6 Å². The van der Waals surface area contributed by atoms with Crippen molar-refractivity contribution in [3.05, 3.63) is 0 Å². The SMILES string of the molecule is CO[C@]1(C)C(C)(C(=O)O)O[C@@](C)(O[C@](C)(C(C)(C)C(=O)O)C(C)(O)C(C)(O)[C@@](C)(O)O[C@]2(C)O[C@@](C)(O[C@]3(C)[C@H](C(=O)O)O[C@@](C)(O[C@]4(C)C(C)(C(=O)O)OC(C)(C)C(C)(O)[C@]4(C)O)C(C)(O)C3(C)O)C(C)(O)[C@@]2(C)O)C(C)(O)[C@]1(C)O. The smallest absolute Gasteiger partial charge is 0.338 e. The van der Waals surface area contributed by atoms with Gasteiger partial charge in [0.2, 0.25) is 11.6 Å². The summed E-state index contributed by atoms with van der Waals surface area (Å²) in [4.78, 5) is 53.4. The zero-order chi connectivity index (χ0) is 65.8. The first-order valence-electron chi connectivity index (χ1n) is 26.4. The Balaban J connectivity index is 1.93. The third-order valence-corrected chi connectivity index (χ3v) is 22.8. The fourth-order valence-corrected chi connectivity index (χ4v) is 12.9. The van der Waals surface area contributed by atoms with E-state index in [1.165, 1.54) is 13.8 Å². The Morgan fingerprint density at radius 2 is 0.793 bits per heavy atom. The molecule has 4 rings (SSSR count). The highest BCUT2D eigenvalue weighted by molar-refractivity contribution is 5.81. The van der Waals surface area contributed by atoms with Crippen LogP contribution in [0.15, 0.2) is 0 Å². The monoisotopic (exact) mass is 1190 g/mol. The van der Waals surface area contributed by atoms with Gasteiger partial charge in [-0.3, -0.25) is 4.79 Å². The average Bonchev–Trinajstić information content (AvgIpc) is 3.36. The number of ether oxygens (including phenoxy) is 9. The second kappa shape index (κ2) is 18.3. The van der Waals surface area contributed by atoms with Crippen molar-refractivity contribution < 1.29 is 138 Å². The molecular formula is C54H94O28. The van der Waals surface area contributed by atoms with E-state index in [-0.39, 0.29) is 0 Å². The van der Waals surface area contributed by atoms with Crippen molar-refractivity contribution in [3.8, 4) is 0 Å². The van der Waals surface area contributed by atoms with Crippen LogP contribution in [0, 0.1) is 5.41 Å². The van der Waals surface area contributed by atoms with Crippen LogP contribution in [0.2, 0.25) is 0 Å². The summed E-state index contributed by atoms with van der Waals surface area (Å²) in [5, 5.41) is 181. The normalized spacial score (nSPS) is 51.9. The minimum absolute atomic E-state index is 0.682. The Bertz CT molecular complexity index is 2600. The fourth-order valence-electron chi connectivity index (χ4n) is 12.9. The van der Waals surface area contributed by atoms with Crippen LogP contribution in [-0.4, -0.2) is 238 Å². The van der Waals surface area contributed by atoms with Crippen molar-refractivity contribution in [1.29, 1.82) is 0 Å². The summed E-state index contributed by atoms with van der Waals surface area (Å²) in [6.07, 6.45) is -2.64. The van der Waals surface area contributed by atoms with Gasteiger partial charge in [-0.25, -0.2) is 14.4 Å². The van der Waals surface area contributed by atoms with Gasteiger partial charge in [0.05, 0.1) is 11.0 Å². The number of rotatable bonds is 17. The molecule has 82 heavy (non-hydrogen) atoms. The quantitative estimate of drug-likeness (QED) is 0.0850. The maximum atomic E-state index is 13.6. The molecule has 478 valence electrons. The number of carboxylic acid groups (broad SMARTS) is 4. The summed E-state index contributed by atoms with van der Waals surface area (Å²) in [5.74, 6) is -22.8. The first-order valence-corrected chi connectivity index (χ1v) is 26.4. The van der Waals surface area contributed by atoms with Crippen LogP contribution in [0.1, 0.15) is 173 Å². The molecule has 28 heteroatoms. The second-order valence-electron chi connectivity index (χ2n) is 27.6. The van der Waals surface area contributed by atoms with Crippen molar-refractivity contribution in [2.75, 3.05) is 7.11 Å². The number of carboxylic acids is 4. The van der Waals surface area contributed by atoms with Crippen molar-refractivity contribution in [3.63, 3.8) is 0 Å². The number of hydrogen-bond donors (Lipinski definition) is 15. The van der Waals surface area contributed by atoms with Gasteiger partial charge >= 0.3 is 23.9 Å². The summed E-state index contributed by atoms with van der Waals surface area (Å²) in [6.45, 7) is 23.5. The van der Waals surface area contributed by atoms with E-state index in [0.717, 1.165) is 153 Å². The molecular weight excluding hydrogens is 1100 g/mol. The maximum Gasteiger partial charge on any atom is 0.338 e. The zero-order valence-corrected chi connectivity index (χ0v) is 52.1. The minimum atomic E-state index is -3.47. The van der Waals surface area contributed by atoms with Crippen LogP contribution < -0.4 is 0 Å². The molecule has 28 nitrogen and oxygen atoms in total. The molecule has 0 aromatic heterocycles. The first-order chi connectivity index (χ1) is 35.4. The van der Waals surface area contributed by atoms with Gasteiger partial charge in [-0.2, -0.15) is 0 Å². The van der Waals surface area contributed by atoms with Crippen molar-refractivity contribution in [1.82, 2.24) is 0 Å². The second-order valence-corrected chi connectivity index (χ2v) is 27.6. The molecule has 9 unspecified atom stereocenters. The fraction of sp³-hybridized carbons (Fsp3) is 0.926. The highest BCUT2D eigenvalue weighted by atomic mass is 16.9. The van der Waals surface area contributed by atoms with Gasteiger partial charge in [0.1, 0.15) is 78.4 Å². The van der Waals surface area contributed by atoms with Crippen LogP contribution in [0.5, 0.6) is 0 Å². The molecule has 0 aromatic carbocycles. The van der Waals surface area contributed by atoms with Crippen LogP contribution in [0.4, 0.5) is 0 Å². The lowest BCUT2D eigenvalue weighted by atomic mass is 9.58. The highest BCUT2D eigenvalue weighted by Gasteiger charge is 2.85. The zero-order valence-electron chi connectivity index (χ0n) is 52.1. The molecule has 0 aliphatic carbocycles. The highest BCUT2D eigenvalue weighted by Crippen LogP contribution is 2.65. The third kappa shape index (κ3) is 7.94. The molecule has 15 N–H and O–H groups in total. The third-order valence-electron chi connectivity index (χ3n) is 22.8. The molecule has 4 fully saturated rings. The van der Waals surface area contributed by atoms with E-state index in [0.29, 0.717) is 13.8 Å². The molecule has 0 radical (unpaired) electrons. The van der Waals surface area contributed by atoms with Gasteiger partial charge in [0.25, 0.3) is 0 Å². The molecule has 0 saturated carbocycles. The van der Waals surface area contributed by atoms with E-state index in [9.17, 15) is 95.8 Å². The number of carbonyl (C=O) groups is 4. The molecule has 0 amide bonds. The minimum Gasteiger partial charge on any atom is -0.481 e. The number of aliphatic hydroxyl groups is 11. The topological polar surface area (TPSA) is 455 Å². The standard InChI is InChI=1S/C54H94O28/c1-32(2,29(57)58)47(18,79-52(23)44(15,70)41(12,67)48(19,74-26)35(6,78-52)30(59)60)40(11,66)42(13,68)50(21,73)81-54(25)46(17,72)45(16,71)53(24,82-54)77-34(5)27(28(55)56)75-51(22,43(14,69)38(34,9)64)80-49(20)36(7,31(61)62)76-33(3,4)37(8,63)39(49,10)65/h27,63-73H,1-26H3,(H,55,56)(H,57,58)(H,59,60)(H,61,62)/t27-,34+,35?,36?,37?,38?,39-,40?,41-,42?,43?,44?,45?,46+,47+,48+,49+,50-,51-,52-,53+,54+/m0/s1. The van der Waals surface area contributed by atoms with E-state index in [2.05, 4.69) is 0 Å². The molecule has 4 aliphatic heterocycles. The van der Waals surface area contributed by atoms with Gasteiger partial charge in [0.15, 0.2) is 34.7 Å². The maximum absolute atomic E-state index is 13.6.